The van der Waals surface area contributed by atoms with Crippen LogP contribution < -0.4 is 5.32 Å². The maximum atomic E-state index is 11.7. The van der Waals surface area contributed by atoms with Crippen LogP contribution in [0.4, 0.5) is 5.69 Å². The lowest BCUT2D eigenvalue weighted by Gasteiger charge is -2.08. The summed E-state index contributed by atoms with van der Waals surface area (Å²) in [5.41, 5.74) is 0.910. The van der Waals surface area contributed by atoms with Gasteiger partial charge < -0.3 is 10.1 Å². The number of anilines is 1. The van der Waals surface area contributed by atoms with Gasteiger partial charge >= 0.3 is 5.97 Å². The van der Waals surface area contributed by atoms with Gasteiger partial charge in [0.2, 0.25) is 0 Å². The van der Waals surface area contributed by atoms with Crippen molar-refractivity contribution in [2.24, 2.45) is 0 Å². The average Bonchev–Trinajstić information content (AvgIpc) is 2.50. The molecule has 0 unspecified atom stereocenters. The first-order chi connectivity index (χ1) is 11.0. The molecule has 1 N–H and O–H groups in total. The van der Waals surface area contributed by atoms with Gasteiger partial charge in [-0.2, -0.15) is 0 Å². The molecule has 0 aliphatic heterocycles. The first-order valence-corrected chi connectivity index (χ1v) is 7.59. The summed E-state index contributed by atoms with van der Waals surface area (Å²) in [5.74, 6) is -1.10. The number of pyridine rings is 1. The number of amides is 1. The fourth-order valence-corrected chi connectivity index (χ4v) is 2.33. The molecule has 0 spiro atoms. The van der Waals surface area contributed by atoms with Crippen molar-refractivity contribution in [2.75, 3.05) is 11.9 Å². The highest BCUT2D eigenvalue weighted by Crippen LogP contribution is 2.21. The molecule has 0 radical (unpaired) electrons. The number of nitrogens with zero attached hydrogens (tertiary/aromatic N) is 1. The van der Waals surface area contributed by atoms with Gasteiger partial charge in [-0.1, -0.05) is 40.9 Å². The zero-order valence-corrected chi connectivity index (χ0v) is 14.0. The predicted octanol–water partition coefficient (Wildman–Crippen LogP) is 3.77. The maximum absolute atomic E-state index is 11.7. The number of aromatic nitrogens is 1. The van der Waals surface area contributed by atoms with E-state index >= 15 is 0 Å². The fourth-order valence-electron chi connectivity index (χ4n) is 1.68. The number of carbonyl (C=O) groups is 2. The number of ether oxygens (including phenoxy) is 1. The third kappa shape index (κ3) is 5.39. The fraction of sp³-hybridized carbons (Fsp3) is 0.133. The Hall–Kier alpha value is -1.82. The highest BCUT2D eigenvalue weighted by Gasteiger charge is 2.12. The quantitative estimate of drug-likeness (QED) is 0.640. The van der Waals surface area contributed by atoms with Gasteiger partial charge in [-0.15, -0.1) is 0 Å². The minimum absolute atomic E-state index is 0.0586. The number of esters is 1. The zero-order chi connectivity index (χ0) is 16.8. The van der Waals surface area contributed by atoms with Crippen LogP contribution in [0, 0.1) is 0 Å². The summed E-state index contributed by atoms with van der Waals surface area (Å²) in [6.07, 6.45) is 1.44. The van der Waals surface area contributed by atoms with Gasteiger partial charge in [0, 0.05) is 16.2 Å². The molecular formula is C15H11Cl3N2O3. The summed E-state index contributed by atoms with van der Waals surface area (Å²) >= 11 is 17.6. The van der Waals surface area contributed by atoms with Crippen LogP contribution in [0.3, 0.4) is 0 Å². The Bertz CT molecular complexity index is 738. The van der Waals surface area contributed by atoms with Crippen LogP contribution in [-0.4, -0.2) is 23.5 Å². The predicted molar refractivity (Wildman–Crippen MR) is 89.0 cm³/mol. The molecule has 0 saturated heterocycles. The molecule has 1 aromatic heterocycles. The monoisotopic (exact) mass is 372 g/mol. The number of rotatable bonds is 5. The van der Waals surface area contributed by atoms with E-state index < -0.39 is 18.5 Å². The molecule has 8 heteroatoms. The van der Waals surface area contributed by atoms with Gasteiger partial charge in [0.1, 0.15) is 0 Å². The van der Waals surface area contributed by atoms with Crippen molar-refractivity contribution in [1.82, 2.24) is 4.98 Å². The smallest absolute Gasteiger partial charge is 0.310 e. The third-order valence-corrected chi connectivity index (χ3v) is 3.64. The third-order valence-electron chi connectivity index (χ3n) is 2.75. The first-order valence-electron chi connectivity index (χ1n) is 6.45. The first kappa shape index (κ1) is 17.5. The Kier molecular flexibility index (Phi) is 6.21. The van der Waals surface area contributed by atoms with Crippen LogP contribution in [0.1, 0.15) is 5.56 Å². The lowest BCUT2D eigenvalue weighted by Crippen LogP contribution is -2.22. The number of hydrogen-bond acceptors (Lipinski definition) is 4. The molecule has 1 amide bonds. The summed E-state index contributed by atoms with van der Waals surface area (Å²) in [6, 6.07) is 7.98. The van der Waals surface area contributed by atoms with Gasteiger partial charge in [-0.25, -0.2) is 4.98 Å². The number of hydrogen-bond donors (Lipinski definition) is 1. The molecule has 0 aliphatic rings. The summed E-state index contributed by atoms with van der Waals surface area (Å²) in [7, 11) is 0. The lowest BCUT2D eigenvalue weighted by molar-refractivity contribution is -0.146. The van der Waals surface area contributed by atoms with Crippen LogP contribution in [0.2, 0.25) is 15.2 Å². The van der Waals surface area contributed by atoms with E-state index in [-0.39, 0.29) is 11.6 Å². The lowest BCUT2D eigenvalue weighted by atomic mass is 10.1. The number of carbonyl (C=O) groups excluding carboxylic acids is 2. The number of benzene rings is 1. The SMILES string of the molecule is O=C(COC(=O)Cc1ccc(Cl)cc1Cl)Nc1cccnc1Cl. The van der Waals surface area contributed by atoms with Crippen molar-refractivity contribution in [1.29, 1.82) is 0 Å². The molecule has 0 atom stereocenters. The standard InChI is InChI=1S/C15H11Cl3N2O3/c16-10-4-3-9(11(17)7-10)6-14(22)23-8-13(21)20-12-2-1-5-19-15(12)18/h1-5,7H,6,8H2,(H,20,21). The van der Waals surface area contributed by atoms with Gasteiger partial charge in [0.05, 0.1) is 12.1 Å². The molecular weight excluding hydrogens is 363 g/mol. The molecule has 5 nitrogen and oxygen atoms in total. The van der Waals surface area contributed by atoms with Crippen LogP contribution in [0.15, 0.2) is 36.5 Å². The van der Waals surface area contributed by atoms with Crippen molar-refractivity contribution in [2.45, 2.75) is 6.42 Å². The Labute approximate surface area is 147 Å². The van der Waals surface area contributed by atoms with Crippen molar-refractivity contribution in [3.05, 3.63) is 57.3 Å². The van der Waals surface area contributed by atoms with E-state index in [1.807, 2.05) is 0 Å². The Morgan fingerprint density at radius 2 is 1.96 bits per heavy atom. The summed E-state index contributed by atoms with van der Waals surface area (Å²) in [6.45, 7) is -0.435. The molecule has 2 aromatic rings. The summed E-state index contributed by atoms with van der Waals surface area (Å²) in [4.78, 5) is 27.3. The zero-order valence-electron chi connectivity index (χ0n) is 11.7. The molecule has 0 saturated carbocycles. The minimum atomic E-state index is -0.582. The topological polar surface area (TPSA) is 68.3 Å². The van der Waals surface area contributed by atoms with Crippen LogP contribution in [0.25, 0.3) is 0 Å². The number of nitrogens with one attached hydrogen (secondary N) is 1. The van der Waals surface area contributed by atoms with E-state index in [1.165, 1.54) is 12.3 Å². The molecule has 0 aliphatic carbocycles. The molecule has 23 heavy (non-hydrogen) atoms. The van der Waals surface area contributed by atoms with Crippen molar-refractivity contribution < 1.29 is 14.3 Å². The second-order valence-electron chi connectivity index (χ2n) is 4.46. The summed E-state index contributed by atoms with van der Waals surface area (Å²) < 4.78 is 4.90. The second-order valence-corrected chi connectivity index (χ2v) is 5.66. The van der Waals surface area contributed by atoms with E-state index in [2.05, 4.69) is 10.3 Å². The van der Waals surface area contributed by atoms with Crippen LogP contribution >= 0.6 is 34.8 Å². The molecule has 0 fully saturated rings. The second kappa shape index (κ2) is 8.15. The minimum Gasteiger partial charge on any atom is -0.455 e. The van der Waals surface area contributed by atoms with Gasteiger partial charge in [-0.05, 0) is 29.8 Å². The molecule has 120 valence electrons. The summed E-state index contributed by atoms with van der Waals surface area (Å²) in [5, 5.41) is 3.48. The normalized spacial score (nSPS) is 10.2. The van der Waals surface area contributed by atoms with Gasteiger partial charge in [-0.3, -0.25) is 9.59 Å². The largest absolute Gasteiger partial charge is 0.455 e. The van der Waals surface area contributed by atoms with Gasteiger partial charge in [0.25, 0.3) is 5.91 Å². The Balaban J connectivity index is 1.84. The molecule has 1 aromatic carbocycles. The highest BCUT2D eigenvalue weighted by molar-refractivity contribution is 6.35. The van der Waals surface area contributed by atoms with Crippen molar-refractivity contribution >= 4 is 52.4 Å². The average molecular weight is 374 g/mol. The van der Waals surface area contributed by atoms with E-state index in [9.17, 15) is 9.59 Å². The van der Waals surface area contributed by atoms with Crippen molar-refractivity contribution in [3.63, 3.8) is 0 Å². The van der Waals surface area contributed by atoms with E-state index in [4.69, 9.17) is 39.5 Å². The van der Waals surface area contributed by atoms with Gasteiger partial charge in [0.15, 0.2) is 11.8 Å². The van der Waals surface area contributed by atoms with Crippen molar-refractivity contribution in [3.8, 4) is 0 Å². The van der Waals surface area contributed by atoms with E-state index in [1.54, 1.807) is 24.3 Å². The van der Waals surface area contributed by atoms with Crippen LogP contribution in [0.5, 0.6) is 0 Å². The van der Waals surface area contributed by atoms with E-state index in [0.717, 1.165) is 0 Å². The Morgan fingerprint density at radius 3 is 2.65 bits per heavy atom. The van der Waals surface area contributed by atoms with E-state index in [0.29, 0.717) is 21.3 Å². The molecule has 1 heterocycles. The Morgan fingerprint density at radius 1 is 1.17 bits per heavy atom. The molecule has 2 rings (SSSR count). The van der Waals surface area contributed by atoms with Crippen LogP contribution in [-0.2, 0) is 20.7 Å². The highest BCUT2D eigenvalue weighted by atomic mass is 35.5. The number of halogens is 3. The molecule has 0 bridgehead atoms. The maximum Gasteiger partial charge on any atom is 0.310 e.